The molecule has 1 aromatic rings. The van der Waals surface area contributed by atoms with Crippen LogP contribution in [-0.2, 0) is 4.74 Å². The molecule has 6 heteroatoms. The van der Waals surface area contributed by atoms with Crippen LogP contribution in [0.2, 0.25) is 0 Å². The number of ether oxygens (including phenoxy) is 1. The summed E-state index contributed by atoms with van der Waals surface area (Å²) in [5.74, 6) is -0.121. The average Bonchev–Trinajstić information content (AvgIpc) is 2.52. The summed E-state index contributed by atoms with van der Waals surface area (Å²) in [5, 5.41) is 5.90. The van der Waals surface area contributed by atoms with E-state index < -0.39 is 0 Å². The van der Waals surface area contributed by atoms with Crippen molar-refractivity contribution < 1.29 is 9.53 Å². The number of pyridine rings is 1. The first-order valence-corrected chi connectivity index (χ1v) is 7.01. The van der Waals surface area contributed by atoms with Crippen molar-refractivity contribution in [1.29, 1.82) is 0 Å². The van der Waals surface area contributed by atoms with Crippen LogP contribution in [0.4, 0.5) is 5.69 Å². The van der Waals surface area contributed by atoms with Crippen molar-refractivity contribution in [2.75, 3.05) is 51.8 Å². The van der Waals surface area contributed by atoms with Gasteiger partial charge in [-0.15, -0.1) is 0 Å². The van der Waals surface area contributed by atoms with Crippen LogP contribution in [0.25, 0.3) is 0 Å². The molecular weight excluding hydrogens is 256 g/mol. The third kappa shape index (κ3) is 4.47. The Kier molecular flexibility index (Phi) is 5.76. The molecule has 2 heterocycles. The van der Waals surface area contributed by atoms with Crippen LogP contribution in [-0.4, -0.2) is 62.2 Å². The molecule has 0 radical (unpaired) electrons. The van der Waals surface area contributed by atoms with Gasteiger partial charge in [-0.1, -0.05) is 0 Å². The summed E-state index contributed by atoms with van der Waals surface area (Å²) in [4.78, 5) is 18.4. The maximum absolute atomic E-state index is 11.9. The minimum Gasteiger partial charge on any atom is -0.388 e. The van der Waals surface area contributed by atoms with Gasteiger partial charge in [-0.05, 0) is 25.1 Å². The molecule has 1 aliphatic heterocycles. The normalized spacial score (nSPS) is 15.8. The van der Waals surface area contributed by atoms with Crippen LogP contribution >= 0.6 is 0 Å². The minimum atomic E-state index is -0.121. The van der Waals surface area contributed by atoms with Crippen molar-refractivity contribution in [3.63, 3.8) is 0 Å². The molecule has 0 bridgehead atoms. The number of aromatic nitrogens is 1. The van der Waals surface area contributed by atoms with E-state index >= 15 is 0 Å². The zero-order valence-electron chi connectivity index (χ0n) is 11.9. The van der Waals surface area contributed by atoms with Gasteiger partial charge in [-0.25, -0.2) is 0 Å². The van der Waals surface area contributed by atoms with Gasteiger partial charge in [0.25, 0.3) is 5.91 Å². The Morgan fingerprint density at radius 3 is 3.00 bits per heavy atom. The lowest BCUT2D eigenvalue weighted by Crippen LogP contribution is -2.38. The van der Waals surface area contributed by atoms with Crippen LogP contribution in [0.3, 0.4) is 0 Å². The van der Waals surface area contributed by atoms with Crippen molar-refractivity contribution in [3.8, 4) is 0 Å². The lowest BCUT2D eigenvalue weighted by molar-refractivity contribution is 0.0374. The van der Waals surface area contributed by atoms with Crippen molar-refractivity contribution in [3.05, 3.63) is 24.0 Å². The van der Waals surface area contributed by atoms with Crippen LogP contribution in [0.5, 0.6) is 0 Å². The molecule has 1 fully saturated rings. The fourth-order valence-electron chi connectivity index (χ4n) is 2.13. The summed E-state index contributed by atoms with van der Waals surface area (Å²) in [6.45, 7) is 5.26. The molecule has 1 saturated heterocycles. The van der Waals surface area contributed by atoms with Crippen LogP contribution in [0, 0.1) is 0 Å². The van der Waals surface area contributed by atoms with Gasteiger partial charge in [0.2, 0.25) is 0 Å². The second-order valence-corrected chi connectivity index (χ2v) is 4.74. The highest BCUT2D eigenvalue weighted by molar-refractivity contribution is 5.93. The van der Waals surface area contributed by atoms with Gasteiger partial charge in [-0.3, -0.25) is 14.7 Å². The first-order chi connectivity index (χ1) is 9.79. The van der Waals surface area contributed by atoms with Gasteiger partial charge in [0, 0.05) is 38.6 Å². The second-order valence-electron chi connectivity index (χ2n) is 4.74. The molecular formula is C14H22N4O2. The molecule has 0 aliphatic carbocycles. The molecule has 0 unspecified atom stereocenters. The molecule has 1 amide bonds. The largest absolute Gasteiger partial charge is 0.388 e. The van der Waals surface area contributed by atoms with E-state index in [1.807, 2.05) is 13.1 Å². The second kappa shape index (κ2) is 7.81. The van der Waals surface area contributed by atoms with E-state index in [2.05, 4.69) is 20.5 Å². The molecule has 1 aliphatic rings. The SMILES string of the molecule is CNc1ccnc(C(=O)NCCCN2CCOCC2)c1. The Morgan fingerprint density at radius 2 is 2.25 bits per heavy atom. The number of nitrogens with one attached hydrogen (secondary N) is 2. The minimum absolute atomic E-state index is 0.121. The van der Waals surface area contributed by atoms with Gasteiger partial charge in [0.15, 0.2) is 0 Å². The van der Waals surface area contributed by atoms with Crippen molar-refractivity contribution in [2.45, 2.75) is 6.42 Å². The highest BCUT2D eigenvalue weighted by Gasteiger charge is 2.10. The number of morpholine rings is 1. The maximum atomic E-state index is 11.9. The number of anilines is 1. The average molecular weight is 278 g/mol. The number of nitrogens with zero attached hydrogens (tertiary/aromatic N) is 2. The highest BCUT2D eigenvalue weighted by Crippen LogP contribution is 2.06. The smallest absolute Gasteiger partial charge is 0.269 e. The van der Waals surface area contributed by atoms with Gasteiger partial charge in [0.1, 0.15) is 5.69 Å². The Bertz CT molecular complexity index is 433. The van der Waals surface area contributed by atoms with E-state index in [4.69, 9.17) is 4.74 Å². The molecule has 0 atom stereocenters. The summed E-state index contributed by atoms with van der Waals surface area (Å²) in [6.07, 6.45) is 2.58. The standard InChI is InChI=1S/C14H22N4O2/c1-15-12-3-5-16-13(11-12)14(19)17-4-2-6-18-7-9-20-10-8-18/h3,5,11H,2,4,6-10H2,1H3,(H,15,16)(H,17,19). The number of hydrogen-bond acceptors (Lipinski definition) is 5. The van der Waals surface area contributed by atoms with Crippen molar-refractivity contribution in [1.82, 2.24) is 15.2 Å². The summed E-state index contributed by atoms with van der Waals surface area (Å²) in [5.41, 5.74) is 1.33. The van der Waals surface area contributed by atoms with Gasteiger partial charge in [0.05, 0.1) is 13.2 Å². The molecule has 20 heavy (non-hydrogen) atoms. The molecule has 2 N–H and O–H groups in total. The Morgan fingerprint density at radius 1 is 1.45 bits per heavy atom. The number of carbonyl (C=O) groups excluding carboxylic acids is 1. The zero-order valence-corrected chi connectivity index (χ0v) is 11.9. The number of carbonyl (C=O) groups is 1. The van der Waals surface area contributed by atoms with Crippen molar-refractivity contribution in [2.24, 2.45) is 0 Å². The predicted molar refractivity (Wildman–Crippen MR) is 78.0 cm³/mol. The molecule has 0 aromatic carbocycles. The van der Waals surface area contributed by atoms with E-state index in [0.29, 0.717) is 12.2 Å². The fraction of sp³-hybridized carbons (Fsp3) is 0.571. The van der Waals surface area contributed by atoms with E-state index in [0.717, 1.165) is 45.0 Å². The summed E-state index contributed by atoms with van der Waals surface area (Å²) in [6, 6.07) is 3.58. The Hall–Kier alpha value is -1.66. The molecule has 0 spiro atoms. The summed E-state index contributed by atoms with van der Waals surface area (Å²) < 4.78 is 5.30. The molecule has 110 valence electrons. The van der Waals surface area contributed by atoms with Crippen LogP contribution < -0.4 is 10.6 Å². The first kappa shape index (κ1) is 14.7. The first-order valence-electron chi connectivity index (χ1n) is 7.01. The summed E-state index contributed by atoms with van der Waals surface area (Å²) in [7, 11) is 1.82. The van der Waals surface area contributed by atoms with Gasteiger partial charge in [-0.2, -0.15) is 0 Å². The maximum Gasteiger partial charge on any atom is 0.269 e. The molecule has 6 nitrogen and oxygen atoms in total. The molecule has 2 rings (SSSR count). The molecule has 0 saturated carbocycles. The third-order valence-electron chi connectivity index (χ3n) is 3.32. The zero-order chi connectivity index (χ0) is 14.2. The lowest BCUT2D eigenvalue weighted by Gasteiger charge is -2.26. The predicted octanol–water partition coefficient (Wildman–Crippen LogP) is 0.575. The van der Waals surface area contributed by atoms with E-state index in [1.165, 1.54) is 0 Å². The number of rotatable bonds is 6. The molecule has 1 aromatic heterocycles. The van der Waals surface area contributed by atoms with Crippen LogP contribution in [0.15, 0.2) is 18.3 Å². The monoisotopic (exact) mass is 278 g/mol. The topological polar surface area (TPSA) is 66.5 Å². The quantitative estimate of drug-likeness (QED) is 0.745. The van der Waals surface area contributed by atoms with E-state index in [1.54, 1.807) is 12.3 Å². The Labute approximate surface area is 119 Å². The number of hydrogen-bond donors (Lipinski definition) is 2. The highest BCUT2D eigenvalue weighted by atomic mass is 16.5. The lowest BCUT2D eigenvalue weighted by atomic mass is 10.3. The van der Waals surface area contributed by atoms with Gasteiger partial charge >= 0.3 is 0 Å². The Balaban J connectivity index is 1.69. The van der Waals surface area contributed by atoms with E-state index in [9.17, 15) is 4.79 Å². The van der Waals surface area contributed by atoms with Crippen molar-refractivity contribution >= 4 is 11.6 Å². The van der Waals surface area contributed by atoms with Gasteiger partial charge < -0.3 is 15.4 Å². The fourth-order valence-corrected chi connectivity index (χ4v) is 2.13. The van der Waals surface area contributed by atoms with E-state index in [-0.39, 0.29) is 5.91 Å². The summed E-state index contributed by atoms with van der Waals surface area (Å²) >= 11 is 0. The van der Waals surface area contributed by atoms with Crippen LogP contribution in [0.1, 0.15) is 16.9 Å². The number of amides is 1. The third-order valence-corrected chi connectivity index (χ3v) is 3.32.